The maximum absolute atomic E-state index is 14.6. The van der Waals surface area contributed by atoms with Gasteiger partial charge >= 0.3 is 12.2 Å². The van der Waals surface area contributed by atoms with E-state index < -0.39 is 23.4 Å². The standard InChI is InChI=1S/C23H21ClF4N4O/c1-12-7-17(25)19(32-21(33)29-6-5-22(3-4-22)23(26,27)28)9-15(12)16-8-14-11-30-20(24)10-18(14)31-13(16)2/h7-11H,3-6H2,1-2H3,(H2,29,32,33). The molecule has 174 valence electrons. The summed E-state index contributed by atoms with van der Waals surface area (Å²) in [6.45, 7) is 3.38. The van der Waals surface area contributed by atoms with Crippen molar-refractivity contribution in [3.05, 3.63) is 52.7 Å². The van der Waals surface area contributed by atoms with Crippen LogP contribution < -0.4 is 10.6 Å². The van der Waals surface area contributed by atoms with Gasteiger partial charge in [0, 0.05) is 35.5 Å². The minimum Gasteiger partial charge on any atom is -0.338 e. The lowest BCUT2D eigenvalue weighted by molar-refractivity contribution is -0.188. The van der Waals surface area contributed by atoms with E-state index >= 15 is 0 Å². The lowest BCUT2D eigenvalue weighted by Crippen LogP contribution is -2.34. The summed E-state index contributed by atoms with van der Waals surface area (Å²) in [7, 11) is 0. The molecule has 2 amide bonds. The third-order valence-corrected chi connectivity index (χ3v) is 6.26. The summed E-state index contributed by atoms with van der Waals surface area (Å²) in [6.07, 6.45) is -2.76. The molecule has 2 heterocycles. The number of amides is 2. The van der Waals surface area contributed by atoms with Crippen LogP contribution in [-0.4, -0.2) is 28.7 Å². The molecule has 1 aliphatic carbocycles. The smallest absolute Gasteiger partial charge is 0.338 e. The van der Waals surface area contributed by atoms with Crippen LogP contribution in [0.1, 0.15) is 30.5 Å². The summed E-state index contributed by atoms with van der Waals surface area (Å²) in [5, 5.41) is 5.86. The summed E-state index contributed by atoms with van der Waals surface area (Å²) < 4.78 is 53.6. The Morgan fingerprint density at radius 2 is 1.88 bits per heavy atom. The van der Waals surface area contributed by atoms with Crippen LogP contribution in [0.3, 0.4) is 0 Å². The predicted octanol–water partition coefficient (Wildman–Crippen LogP) is 6.56. The van der Waals surface area contributed by atoms with E-state index in [0.717, 1.165) is 10.9 Å². The number of aromatic nitrogens is 2. The van der Waals surface area contributed by atoms with Crippen molar-refractivity contribution in [3.63, 3.8) is 0 Å². The van der Waals surface area contributed by atoms with Gasteiger partial charge < -0.3 is 10.6 Å². The third-order valence-electron chi connectivity index (χ3n) is 6.05. The van der Waals surface area contributed by atoms with Crippen molar-refractivity contribution in [2.24, 2.45) is 5.41 Å². The number of hydrogen-bond donors (Lipinski definition) is 2. The van der Waals surface area contributed by atoms with Crippen molar-refractivity contribution in [1.82, 2.24) is 15.3 Å². The summed E-state index contributed by atoms with van der Waals surface area (Å²) in [4.78, 5) is 20.8. The molecule has 1 fully saturated rings. The number of alkyl halides is 3. The Morgan fingerprint density at radius 1 is 1.15 bits per heavy atom. The second-order valence-corrected chi connectivity index (χ2v) is 8.76. The number of halogens is 5. The van der Waals surface area contributed by atoms with Gasteiger partial charge in [-0.3, -0.25) is 4.98 Å². The molecule has 4 rings (SSSR count). The fraction of sp³-hybridized carbons (Fsp3) is 0.348. The van der Waals surface area contributed by atoms with Gasteiger partial charge in [0.25, 0.3) is 0 Å². The third kappa shape index (κ3) is 4.73. The molecule has 3 aromatic rings. The Balaban J connectivity index is 1.53. The summed E-state index contributed by atoms with van der Waals surface area (Å²) in [5.74, 6) is -0.653. The highest BCUT2D eigenvalue weighted by molar-refractivity contribution is 6.30. The summed E-state index contributed by atoms with van der Waals surface area (Å²) >= 11 is 5.93. The van der Waals surface area contributed by atoms with Crippen molar-refractivity contribution < 1.29 is 22.4 Å². The van der Waals surface area contributed by atoms with Crippen LogP contribution in [0.2, 0.25) is 5.15 Å². The zero-order valence-electron chi connectivity index (χ0n) is 17.9. The highest BCUT2D eigenvalue weighted by Gasteiger charge is 2.62. The lowest BCUT2D eigenvalue weighted by atomic mass is 9.97. The fourth-order valence-corrected chi connectivity index (χ4v) is 4.03. The molecular weight excluding hydrogens is 460 g/mol. The van der Waals surface area contributed by atoms with Crippen molar-refractivity contribution >= 4 is 34.2 Å². The molecule has 1 saturated carbocycles. The van der Waals surface area contributed by atoms with Gasteiger partial charge in [0.1, 0.15) is 11.0 Å². The van der Waals surface area contributed by atoms with E-state index in [0.29, 0.717) is 27.5 Å². The number of urea groups is 1. The van der Waals surface area contributed by atoms with Crippen molar-refractivity contribution in [2.45, 2.75) is 39.3 Å². The normalized spacial score (nSPS) is 14.9. The number of nitrogens with one attached hydrogen (secondary N) is 2. The van der Waals surface area contributed by atoms with Crippen molar-refractivity contribution in [3.8, 4) is 11.1 Å². The molecule has 10 heteroatoms. The SMILES string of the molecule is Cc1cc(F)c(NC(=O)NCCC2(C(F)(F)F)CC2)cc1-c1cc2cnc(Cl)cc2nc1C. The highest BCUT2D eigenvalue weighted by atomic mass is 35.5. The van der Waals surface area contributed by atoms with Crippen LogP contribution in [0.25, 0.3) is 22.0 Å². The van der Waals surface area contributed by atoms with E-state index in [-0.39, 0.29) is 31.5 Å². The topological polar surface area (TPSA) is 66.9 Å². The molecule has 0 atom stereocenters. The van der Waals surface area contributed by atoms with Gasteiger partial charge in [0.05, 0.1) is 16.6 Å². The Kier molecular flexibility index (Phi) is 5.94. The second kappa shape index (κ2) is 8.44. The Labute approximate surface area is 192 Å². The predicted molar refractivity (Wildman–Crippen MR) is 119 cm³/mol. The van der Waals surface area contributed by atoms with E-state index in [9.17, 15) is 22.4 Å². The minimum absolute atomic E-state index is 0.0661. The van der Waals surface area contributed by atoms with E-state index in [4.69, 9.17) is 11.6 Å². The molecule has 5 nitrogen and oxygen atoms in total. The van der Waals surface area contributed by atoms with Gasteiger partial charge in [0.15, 0.2) is 0 Å². The number of benzene rings is 1. The van der Waals surface area contributed by atoms with Crippen LogP contribution >= 0.6 is 11.6 Å². The average molecular weight is 481 g/mol. The fourth-order valence-electron chi connectivity index (χ4n) is 3.88. The number of hydrogen-bond acceptors (Lipinski definition) is 3. The number of pyridine rings is 2. The first-order chi connectivity index (χ1) is 15.5. The maximum atomic E-state index is 14.6. The van der Waals surface area contributed by atoms with Gasteiger partial charge in [0.2, 0.25) is 0 Å². The van der Waals surface area contributed by atoms with Crippen molar-refractivity contribution in [1.29, 1.82) is 0 Å². The molecule has 0 bridgehead atoms. The van der Waals surface area contributed by atoms with Crippen LogP contribution in [0.4, 0.5) is 28.0 Å². The quantitative estimate of drug-likeness (QED) is 0.321. The summed E-state index contributed by atoms with van der Waals surface area (Å²) in [6, 6.07) is 5.51. The molecule has 0 spiro atoms. The van der Waals surface area contributed by atoms with Gasteiger partial charge in [-0.1, -0.05) is 11.6 Å². The van der Waals surface area contributed by atoms with Gasteiger partial charge in [-0.25, -0.2) is 14.2 Å². The van der Waals surface area contributed by atoms with Gasteiger partial charge in [-0.2, -0.15) is 13.2 Å². The maximum Gasteiger partial charge on any atom is 0.394 e. The van der Waals surface area contributed by atoms with Crippen LogP contribution in [0, 0.1) is 25.1 Å². The van der Waals surface area contributed by atoms with Crippen LogP contribution in [0.5, 0.6) is 0 Å². The number of fused-ring (bicyclic) bond motifs is 1. The van der Waals surface area contributed by atoms with E-state index in [1.807, 2.05) is 6.07 Å². The molecule has 0 unspecified atom stereocenters. The molecule has 2 N–H and O–H groups in total. The second-order valence-electron chi connectivity index (χ2n) is 8.38. The highest BCUT2D eigenvalue weighted by Crippen LogP contribution is 2.59. The van der Waals surface area contributed by atoms with E-state index in [1.54, 1.807) is 26.1 Å². The van der Waals surface area contributed by atoms with Crippen LogP contribution in [-0.2, 0) is 0 Å². The number of nitrogens with zero attached hydrogens (tertiary/aromatic N) is 2. The molecule has 0 radical (unpaired) electrons. The average Bonchev–Trinajstić information content (AvgIpc) is 3.51. The first-order valence-corrected chi connectivity index (χ1v) is 10.7. The zero-order valence-corrected chi connectivity index (χ0v) is 18.7. The minimum atomic E-state index is -4.28. The zero-order chi connectivity index (χ0) is 24.0. The lowest BCUT2D eigenvalue weighted by Gasteiger charge is -2.19. The van der Waals surface area contributed by atoms with E-state index in [2.05, 4.69) is 20.6 Å². The molecule has 1 aliphatic rings. The van der Waals surface area contributed by atoms with Gasteiger partial charge in [-0.15, -0.1) is 0 Å². The number of aryl methyl sites for hydroxylation is 2. The van der Waals surface area contributed by atoms with Crippen LogP contribution in [0.15, 0.2) is 30.5 Å². The number of carbonyl (C=O) groups excluding carboxylic acids is 1. The molecular formula is C23H21ClF4N4O. The largest absolute Gasteiger partial charge is 0.394 e. The summed E-state index contributed by atoms with van der Waals surface area (Å²) in [5.41, 5.74) is 1.57. The Bertz CT molecular complexity index is 1240. The molecule has 0 aliphatic heterocycles. The number of anilines is 1. The van der Waals surface area contributed by atoms with Gasteiger partial charge in [-0.05, 0) is 62.4 Å². The molecule has 0 saturated heterocycles. The molecule has 1 aromatic carbocycles. The first kappa shape index (κ1) is 23.2. The van der Waals surface area contributed by atoms with Crippen molar-refractivity contribution in [2.75, 3.05) is 11.9 Å². The Hall–Kier alpha value is -2.94. The molecule has 33 heavy (non-hydrogen) atoms. The number of rotatable bonds is 5. The van der Waals surface area contributed by atoms with E-state index in [1.165, 1.54) is 12.1 Å². The Morgan fingerprint density at radius 3 is 2.55 bits per heavy atom. The number of carbonyl (C=O) groups is 1. The monoisotopic (exact) mass is 480 g/mol. The first-order valence-electron chi connectivity index (χ1n) is 10.3. The molecule has 2 aromatic heterocycles.